The number of H-pyrrole nitrogens is 1. The maximum absolute atomic E-state index is 5.11. The molecule has 1 atom stereocenters. The molecule has 1 aliphatic heterocycles. The lowest BCUT2D eigenvalue weighted by Gasteiger charge is -2.41. The molecule has 39 heavy (non-hydrogen) atoms. The third kappa shape index (κ3) is 7.87. The molecule has 1 N–H and O–H groups in total. The highest BCUT2D eigenvalue weighted by molar-refractivity contribution is 5.86. The summed E-state index contributed by atoms with van der Waals surface area (Å²) in [5, 5.41) is 0. The van der Waals surface area contributed by atoms with Crippen LogP contribution in [0.3, 0.4) is 0 Å². The van der Waals surface area contributed by atoms with E-state index < -0.39 is 0 Å². The molecule has 4 aromatic rings. The summed E-state index contributed by atoms with van der Waals surface area (Å²) >= 11 is 0. The summed E-state index contributed by atoms with van der Waals surface area (Å²) in [6.45, 7) is 12.2. The van der Waals surface area contributed by atoms with Gasteiger partial charge in [0.2, 0.25) is 0 Å². The number of benzene rings is 3. The summed E-state index contributed by atoms with van der Waals surface area (Å²) in [6.07, 6.45) is 0. The van der Waals surface area contributed by atoms with E-state index in [0.29, 0.717) is 17.9 Å². The van der Waals surface area contributed by atoms with Crippen LogP contribution in [-0.2, 0) is 0 Å². The first-order valence-corrected chi connectivity index (χ1v) is 13.3. The zero-order valence-corrected chi connectivity index (χ0v) is 25.4. The van der Waals surface area contributed by atoms with Gasteiger partial charge in [0, 0.05) is 49.9 Å². The smallest absolute Gasteiger partial charge is 0.137 e. The van der Waals surface area contributed by atoms with Crippen LogP contribution in [-0.4, -0.2) is 52.5 Å². The molecule has 1 unspecified atom stereocenters. The maximum Gasteiger partial charge on any atom is 0.137 e. The number of halogens is 3. The van der Waals surface area contributed by atoms with Crippen molar-refractivity contribution in [3.63, 3.8) is 0 Å². The van der Waals surface area contributed by atoms with Crippen molar-refractivity contribution in [2.24, 2.45) is 5.92 Å². The first kappa shape index (κ1) is 32.9. The van der Waals surface area contributed by atoms with E-state index in [9.17, 15) is 0 Å². The Hall–Kier alpha value is -2.34. The second-order valence-electron chi connectivity index (χ2n) is 10.4. The molecule has 7 heteroatoms. The second-order valence-corrected chi connectivity index (χ2v) is 10.4. The molecule has 0 bridgehead atoms. The highest BCUT2D eigenvalue weighted by Gasteiger charge is 2.31. The fourth-order valence-corrected chi connectivity index (χ4v) is 5.66. The molecule has 5 rings (SSSR count). The van der Waals surface area contributed by atoms with Gasteiger partial charge in [0.15, 0.2) is 0 Å². The Bertz CT molecular complexity index is 1180. The molecule has 3 aromatic carbocycles. The van der Waals surface area contributed by atoms with Crippen LogP contribution in [0.2, 0.25) is 0 Å². The minimum atomic E-state index is 0. The number of rotatable bonds is 8. The van der Waals surface area contributed by atoms with Crippen LogP contribution < -0.4 is 0 Å². The fourth-order valence-electron chi connectivity index (χ4n) is 5.66. The van der Waals surface area contributed by atoms with Crippen molar-refractivity contribution in [2.45, 2.75) is 32.7 Å². The number of aromatic nitrogens is 2. The predicted molar refractivity (Wildman–Crippen MR) is 171 cm³/mol. The molecule has 0 amide bonds. The number of nitrogens with zero attached hydrogens (tertiary/aromatic N) is 3. The highest BCUT2D eigenvalue weighted by Crippen LogP contribution is 2.33. The summed E-state index contributed by atoms with van der Waals surface area (Å²) < 4.78 is 0. The van der Waals surface area contributed by atoms with Crippen molar-refractivity contribution in [2.75, 3.05) is 32.7 Å². The predicted octanol–water partition coefficient (Wildman–Crippen LogP) is 7.80. The summed E-state index contributed by atoms with van der Waals surface area (Å²) in [6, 6.07) is 32.7. The lowest BCUT2D eigenvalue weighted by molar-refractivity contribution is 0.0724. The molecular formula is C32H41Cl3N4. The molecule has 1 aliphatic rings. The topological polar surface area (TPSA) is 35.2 Å². The SMILES string of the molecule is Cc1[nH]c(-c2ccccc2)nc1C(C(C)C)N1CCN(CC(c2ccccc2)c2ccccc2)CC1.Cl.Cl.Cl. The Balaban J connectivity index is 0.00000178. The van der Waals surface area contributed by atoms with Gasteiger partial charge in [0.25, 0.3) is 0 Å². The van der Waals surface area contributed by atoms with Crippen LogP contribution in [0.4, 0.5) is 0 Å². The van der Waals surface area contributed by atoms with Gasteiger partial charge >= 0.3 is 0 Å². The van der Waals surface area contributed by atoms with E-state index in [0.717, 1.165) is 44.1 Å². The van der Waals surface area contributed by atoms with Crippen molar-refractivity contribution in [1.29, 1.82) is 0 Å². The molecule has 4 nitrogen and oxygen atoms in total. The quantitative estimate of drug-likeness (QED) is 0.228. The summed E-state index contributed by atoms with van der Waals surface area (Å²) in [4.78, 5) is 14.0. The van der Waals surface area contributed by atoms with Crippen molar-refractivity contribution in [3.8, 4) is 11.4 Å². The summed E-state index contributed by atoms with van der Waals surface area (Å²) in [5.41, 5.74) is 6.32. The van der Waals surface area contributed by atoms with E-state index in [-0.39, 0.29) is 37.2 Å². The number of imidazole rings is 1. The third-order valence-corrected chi connectivity index (χ3v) is 7.53. The number of hydrogen-bond acceptors (Lipinski definition) is 3. The standard InChI is InChI=1S/C32H38N4.3ClH/c1-24(2)31(30-25(3)33-32(34-30)28-17-11-6-12-18-28)36-21-19-35(20-22-36)23-29(26-13-7-4-8-14-26)27-15-9-5-10-16-27;;;/h4-18,24,29,31H,19-23H2,1-3H3,(H,33,34);3*1H. The minimum Gasteiger partial charge on any atom is -0.342 e. The first-order valence-electron chi connectivity index (χ1n) is 13.3. The Morgan fingerprint density at radius 1 is 0.718 bits per heavy atom. The van der Waals surface area contributed by atoms with Gasteiger partial charge < -0.3 is 4.98 Å². The van der Waals surface area contributed by atoms with E-state index in [1.807, 2.05) is 0 Å². The van der Waals surface area contributed by atoms with Crippen LogP contribution in [0.25, 0.3) is 11.4 Å². The fraction of sp³-hybridized carbons (Fsp3) is 0.344. The Morgan fingerprint density at radius 3 is 1.69 bits per heavy atom. The Kier molecular flexibility index (Phi) is 13.0. The normalized spacial score (nSPS) is 14.8. The molecule has 0 aliphatic carbocycles. The molecule has 0 radical (unpaired) electrons. The van der Waals surface area contributed by atoms with Crippen LogP contribution in [0.1, 0.15) is 48.3 Å². The van der Waals surface area contributed by atoms with Crippen LogP contribution in [0.5, 0.6) is 0 Å². The zero-order valence-electron chi connectivity index (χ0n) is 23.0. The van der Waals surface area contributed by atoms with E-state index in [2.05, 4.69) is 127 Å². The average Bonchev–Trinajstić information content (AvgIpc) is 3.30. The molecule has 1 fully saturated rings. The third-order valence-electron chi connectivity index (χ3n) is 7.53. The first-order chi connectivity index (χ1) is 17.6. The number of aromatic amines is 1. The zero-order chi connectivity index (χ0) is 24.9. The largest absolute Gasteiger partial charge is 0.342 e. The lowest BCUT2D eigenvalue weighted by atomic mass is 9.90. The van der Waals surface area contributed by atoms with Gasteiger partial charge in [0.1, 0.15) is 5.82 Å². The molecule has 0 spiro atoms. The molecule has 1 aromatic heterocycles. The summed E-state index contributed by atoms with van der Waals surface area (Å²) in [5.74, 6) is 1.85. The molecular weight excluding hydrogens is 547 g/mol. The Morgan fingerprint density at radius 2 is 1.21 bits per heavy atom. The minimum absolute atomic E-state index is 0. The number of piperazine rings is 1. The number of aryl methyl sites for hydroxylation is 1. The molecule has 210 valence electrons. The molecule has 1 saturated heterocycles. The van der Waals surface area contributed by atoms with Gasteiger partial charge in [-0.2, -0.15) is 0 Å². The van der Waals surface area contributed by atoms with Crippen molar-refractivity contribution < 1.29 is 0 Å². The van der Waals surface area contributed by atoms with Gasteiger partial charge in [-0.3, -0.25) is 9.80 Å². The number of hydrogen-bond donors (Lipinski definition) is 1. The monoisotopic (exact) mass is 586 g/mol. The lowest BCUT2D eigenvalue weighted by Crippen LogP contribution is -2.49. The average molecular weight is 588 g/mol. The van der Waals surface area contributed by atoms with Crippen LogP contribution in [0, 0.1) is 12.8 Å². The van der Waals surface area contributed by atoms with Crippen LogP contribution >= 0.6 is 37.2 Å². The van der Waals surface area contributed by atoms with E-state index in [1.165, 1.54) is 22.5 Å². The van der Waals surface area contributed by atoms with Gasteiger partial charge in [-0.25, -0.2) is 4.98 Å². The van der Waals surface area contributed by atoms with Crippen molar-refractivity contribution in [3.05, 3.63) is 114 Å². The van der Waals surface area contributed by atoms with Crippen LogP contribution in [0.15, 0.2) is 91.0 Å². The Labute approximate surface area is 252 Å². The van der Waals surface area contributed by atoms with Gasteiger partial charge in [-0.05, 0) is 24.0 Å². The molecule has 2 heterocycles. The van der Waals surface area contributed by atoms with Crippen molar-refractivity contribution >= 4 is 37.2 Å². The highest BCUT2D eigenvalue weighted by atomic mass is 35.5. The second kappa shape index (κ2) is 15.4. The van der Waals surface area contributed by atoms with E-state index >= 15 is 0 Å². The van der Waals surface area contributed by atoms with E-state index in [4.69, 9.17) is 4.98 Å². The van der Waals surface area contributed by atoms with E-state index in [1.54, 1.807) is 0 Å². The van der Waals surface area contributed by atoms with Gasteiger partial charge in [0.05, 0.1) is 11.7 Å². The molecule has 0 saturated carbocycles. The number of nitrogens with one attached hydrogen (secondary N) is 1. The van der Waals surface area contributed by atoms with Gasteiger partial charge in [-0.15, -0.1) is 37.2 Å². The van der Waals surface area contributed by atoms with Gasteiger partial charge in [-0.1, -0.05) is 105 Å². The van der Waals surface area contributed by atoms with Crippen molar-refractivity contribution in [1.82, 2.24) is 19.8 Å². The maximum atomic E-state index is 5.11. The summed E-state index contributed by atoms with van der Waals surface area (Å²) in [7, 11) is 0.